The van der Waals surface area contributed by atoms with Crippen LogP contribution in [0.4, 0.5) is 0 Å². The molecular formula is C15H23NO. The molecule has 0 amide bonds. The Morgan fingerprint density at radius 1 is 1.29 bits per heavy atom. The number of hydrogen-bond acceptors (Lipinski definition) is 2. The summed E-state index contributed by atoms with van der Waals surface area (Å²) in [6, 6.07) is 11.5. The lowest BCUT2D eigenvalue weighted by molar-refractivity contribution is 0.144. The van der Waals surface area contributed by atoms with Gasteiger partial charge in [0.1, 0.15) is 0 Å². The van der Waals surface area contributed by atoms with Gasteiger partial charge >= 0.3 is 0 Å². The van der Waals surface area contributed by atoms with Gasteiger partial charge in [0.2, 0.25) is 0 Å². The number of rotatable bonds is 6. The first-order chi connectivity index (χ1) is 8.31. The minimum Gasteiger partial charge on any atom is -0.383 e. The van der Waals surface area contributed by atoms with Gasteiger partial charge in [0.25, 0.3) is 0 Å². The maximum atomic E-state index is 5.33. The first-order valence-electron chi connectivity index (χ1n) is 6.61. The van der Waals surface area contributed by atoms with Crippen LogP contribution in [-0.2, 0) is 4.74 Å². The van der Waals surface area contributed by atoms with Gasteiger partial charge in [0, 0.05) is 13.2 Å². The minimum absolute atomic E-state index is 0.316. The normalized spacial score (nSPS) is 19.6. The fraction of sp³-hybridized carbons (Fsp3) is 0.600. The van der Waals surface area contributed by atoms with Crippen LogP contribution in [0.5, 0.6) is 0 Å². The highest BCUT2D eigenvalue weighted by atomic mass is 16.5. The predicted octanol–water partition coefficient (Wildman–Crippen LogP) is 3.15. The lowest BCUT2D eigenvalue weighted by Gasteiger charge is -2.34. The summed E-state index contributed by atoms with van der Waals surface area (Å²) in [7, 11) is 1.77. The molecule has 1 N–H and O–H groups in total. The van der Waals surface area contributed by atoms with Crippen molar-refractivity contribution in [2.24, 2.45) is 5.92 Å². The molecule has 1 aromatic rings. The van der Waals surface area contributed by atoms with Crippen molar-refractivity contribution in [1.29, 1.82) is 0 Å². The van der Waals surface area contributed by atoms with Crippen molar-refractivity contribution in [3.63, 3.8) is 0 Å². The van der Waals surface area contributed by atoms with Gasteiger partial charge in [-0.05, 0) is 31.2 Å². The molecular weight excluding hydrogens is 210 g/mol. The van der Waals surface area contributed by atoms with Crippen molar-refractivity contribution in [3.8, 4) is 0 Å². The van der Waals surface area contributed by atoms with E-state index in [-0.39, 0.29) is 0 Å². The quantitative estimate of drug-likeness (QED) is 0.815. The maximum Gasteiger partial charge on any atom is 0.0657 e. The molecule has 2 heteroatoms. The Morgan fingerprint density at radius 2 is 2.00 bits per heavy atom. The Balaban J connectivity index is 1.96. The molecule has 0 radical (unpaired) electrons. The summed E-state index contributed by atoms with van der Waals surface area (Å²) >= 11 is 0. The average molecular weight is 233 g/mol. The maximum absolute atomic E-state index is 5.33. The van der Waals surface area contributed by atoms with E-state index in [4.69, 9.17) is 4.74 Å². The molecule has 2 atom stereocenters. The minimum atomic E-state index is 0.316. The van der Waals surface area contributed by atoms with Gasteiger partial charge in [-0.3, -0.25) is 0 Å². The third kappa shape index (κ3) is 3.30. The van der Waals surface area contributed by atoms with Crippen molar-refractivity contribution in [1.82, 2.24) is 5.32 Å². The van der Waals surface area contributed by atoms with Crippen LogP contribution in [0.2, 0.25) is 0 Å². The molecule has 1 fully saturated rings. The van der Waals surface area contributed by atoms with Crippen molar-refractivity contribution < 1.29 is 4.74 Å². The molecule has 1 aliphatic carbocycles. The average Bonchev–Trinajstić information content (AvgIpc) is 2.27. The summed E-state index contributed by atoms with van der Waals surface area (Å²) in [6.45, 7) is 3.04. The third-order valence-electron chi connectivity index (χ3n) is 3.86. The molecule has 0 saturated heterocycles. The van der Waals surface area contributed by atoms with Crippen LogP contribution in [0, 0.1) is 5.92 Å². The largest absolute Gasteiger partial charge is 0.383 e. The van der Waals surface area contributed by atoms with Crippen LogP contribution in [0.25, 0.3) is 0 Å². The van der Waals surface area contributed by atoms with Crippen LogP contribution >= 0.6 is 0 Å². The van der Waals surface area contributed by atoms with E-state index in [0.717, 1.165) is 12.5 Å². The second kappa shape index (κ2) is 6.18. The van der Waals surface area contributed by atoms with Crippen molar-refractivity contribution in [3.05, 3.63) is 35.9 Å². The molecule has 0 aromatic heterocycles. The highest BCUT2D eigenvalue weighted by molar-refractivity contribution is 5.19. The first-order valence-corrected chi connectivity index (χ1v) is 6.61. The zero-order chi connectivity index (χ0) is 12.1. The van der Waals surface area contributed by atoms with E-state index < -0.39 is 0 Å². The van der Waals surface area contributed by atoms with Crippen LogP contribution in [0.15, 0.2) is 30.3 Å². The van der Waals surface area contributed by atoms with E-state index >= 15 is 0 Å². The topological polar surface area (TPSA) is 21.3 Å². The van der Waals surface area contributed by atoms with Crippen LogP contribution in [-0.4, -0.2) is 19.8 Å². The molecule has 17 heavy (non-hydrogen) atoms. The Morgan fingerprint density at radius 3 is 2.53 bits per heavy atom. The summed E-state index contributed by atoms with van der Waals surface area (Å²) in [4.78, 5) is 0. The number of benzene rings is 1. The van der Waals surface area contributed by atoms with Gasteiger partial charge in [0.15, 0.2) is 0 Å². The Hall–Kier alpha value is -0.860. The highest BCUT2D eigenvalue weighted by Gasteiger charge is 2.25. The molecule has 1 aromatic carbocycles. The molecule has 2 rings (SSSR count). The van der Waals surface area contributed by atoms with Crippen molar-refractivity contribution >= 4 is 0 Å². The van der Waals surface area contributed by atoms with Crippen LogP contribution < -0.4 is 5.32 Å². The SMILES string of the molecule is COCC(NC(C)C1CCC1)c1ccccc1. The van der Waals surface area contributed by atoms with Gasteiger partial charge in [-0.25, -0.2) is 0 Å². The van der Waals surface area contributed by atoms with Crippen LogP contribution in [0.1, 0.15) is 37.8 Å². The number of hydrogen-bond donors (Lipinski definition) is 1. The van der Waals surface area contributed by atoms with Gasteiger partial charge in [-0.1, -0.05) is 36.8 Å². The lowest BCUT2D eigenvalue weighted by atomic mass is 9.80. The van der Waals surface area contributed by atoms with E-state index in [1.165, 1.54) is 24.8 Å². The van der Waals surface area contributed by atoms with Gasteiger partial charge in [-0.2, -0.15) is 0 Å². The molecule has 1 aliphatic rings. The predicted molar refractivity (Wildman–Crippen MR) is 71.0 cm³/mol. The lowest BCUT2D eigenvalue weighted by Crippen LogP contribution is -2.40. The zero-order valence-corrected chi connectivity index (χ0v) is 10.9. The highest BCUT2D eigenvalue weighted by Crippen LogP contribution is 2.30. The molecule has 2 nitrogen and oxygen atoms in total. The molecule has 0 heterocycles. The second-order valence-electron chi connectivity index (χ2n) is 5.06. The smallest absolute Gasteiger partial charge is 0.0657 e. The Bertz CT molecular complexity index is 321. The number of ether oxygens (including phenoxy) is 1. The van der Waals surface area contributed by atoms with Crippen LogP contribution in [0.3, 0.4) is 0 Å². The number of nitrogens with one attached hydrogen (secondary N) is 1. The van der Waals surface area contributed by atoms with E-state index in [0.29, 0.717) is 12.1 Å². The second-order valence-corrected chi connectivity index (χ2v) is 5.06. The molecule has 1 saturated carbocycles. The monoisotopic (exact) mass is 233 g/mol. The van der Waals surface area contributed by atoms with Gasteiger partial charge in [-0.15, -0.1) is 0 Å². The summed E-state index contributed by atoms with van der Waals surface area (Å²) in [5, 5.41) is 3.71. The van der Waals surface area contributed by atoms with E-state index in [1.807, 2.05) is 0 Å². The molecule has 2 unspecified atom stereocenters. The summed E-state index contributed by atoms with van der Waals surface area (Å²) in [5.74, 6) is 0.859. The Kier molecular flexibility index (Phi) is 4.57. The van der Waals surface area contributed by atoms with E-state index in [2.05, 4.69) is 42.6 Å². The summed E-state index contributed by atoms with van der Waals surface area (Å²) < 4.78 is 5.33. The Labute approximate surface area is 104 Å². The van der Waals surface area contributed by atoms with Gasteiger partial charge < -0.3 is 10.1 Å². The van der Waals surface area contributed by atoms with Gasteiger partial charge in [0.05, 0.1) is 12.6 Å². The summed E-state index contributed by atoms with van der Waals surface area (Å²) in [6.07, 6.45) is 4.16. The van der Waals surface area contributed by atoms with E-state index in [1.54, 1.807) is 7.11 Å². The molecule has 0 aliphatic heterocycles. The standard InChI is InChI=1S/C15H23NO/c1-12(13-9-6-10-13)16-15(11-17-2)14-7-4-3-5-8-14/h3-5,7-8,12-13,15-16H,6,9-11H2,1-2H3. The third-order valence-corrected chi connectivity index (χ3v) is 3.86. The fourth-order valence-corrected chi connectivity index (χ4v) is 2.49. The van der Waals surface area contributed by atoms with Crippen molar-refractivity contribution in [2.45, 2.75) is 38.3 Å². The molecule has 94 valence electrons. The number of methoxy groups -OCH3 is 1. The summed E-state index contributed by atoms with van der Waals surface area (Å²) in [5.41, 5.74) is 1.32. The molecule has 0 bridgehead atoms. The van der Waals surface area contributed by atoms with Crippen molar-refractivity contribution in [2.75, 3.05) is 13.7 Å². The fourth-order valence-electron chi connectivity index (χ4n) is 2.49. The zero-order valence-electron chi connectivity index (χ0n) is 10.9. The molecule has 0 spiro atoms. The first kappa shape index (κ1) is 12.6. The van der Waals surface area contributed by atoms with E-state index in [9.17, 15) is 0 Å².